The minimum atomic E-state index is -0.354. The van der Waals surface area contributed by atoms with Crippen molar-refractivity contribution in [2.24, 2.45) is 0 Å². The van der Waals surface area contributed by atoms with E-state index in [0.29, 0.717) is 18.5 Å². The van der Waals surface area contributed by atoms with Gasteiger partial charge in [0.15, 0.2) is 0 Å². The fourth-order valence-electron chi connectivity index (χ4n) is 1.56. The molecular weight excluding hydrogens is 219 g/mol. The van der Waals surface area contributed by atoms with E-state index >= 15 is 0 Å². The number of carbonyl (C=O) groups excluding carboxylic acids is 1. The standard InChI is InChI=1S/C13H13FN2O/c14-10-3-1-4-12(9-10)16-13(17)7-6-11-5-2-8-15-11/h1-5,8-9,15H,6-7H2,(H,16,17). The zero-order chi connectivity index (χ0) is 12.1. The van der Waals surface area contributed by atoms with E-state index in [1.165, 1.54) is 12.1 Å². The molecule has 1 aromatic carbocycles. The van der Waals surface area contributed by atoms with Crippen molar-refractivity contribution in [3.8, 4) is 0 Å². The minimum Gasteiger partial charge on any atom is -0.365 e. The quantitative estimate of drug-likeness (QED) is 0.836. The Labute approximate surface area is 98.7 Å². The Morgan fingerprint density at radius 3 is 2.88 bits per heavy atom. The predicted molar refractivity (Wildman–Crippen MR) is 64.1 cm³/mol. The van der Waals surface area contributed by atoms with E-state index in [-0.39, 0.29) is 11.7 Å². The van der Waals surface area contributed by atoms with Crippen molar-refractivity contribution < 1.29 is 9.18 Å². The van der Waals surface area contributed by atoms with E-state index in [1.54, 1.807) is 12.1 Å². The molecule has 0 unspecified atom stereocenters. The molecule has 0 saturated carbocycles. The van der Waals surface area contributed by atoms with Crippen molar-refractivity contribution >= 4 is 11.6 Å². The Morgan fingerprint density at radius 2 is 2.18 bits per heavy atom. The number of anilines is 1. The van der Waals surface area contributed by atoms with E-state index in [0.717, 1.165) is 5.69 Å². The SMILES string of the molecule is O=C(CCc1ccc[nH]1)Nc1cccc(F)c1. The molecule has 4 heteroatoms. The maximum absolute atomic E-state index is 12.9. The van der Waals surface area contributed by atoms with E-state index in [4.69, 9.17) is 0 Å². The van der Waals surface area contributed by atoms with E-state index in [2.05, 4.69) is 10.3 Å². The monoisotopic (exact) mass is 232 g/mol. The van der Waals surface area contributed by atoms with Crippen molar-refractivity contribution in [2.45, 2.75) is 12.8 Å². The number of benzene rings is 1. The molecule has 0 aliphatic carbocycles. The fraction of sp³-hybridized carbons (Fsp3) is 0.154. The second kappa shape index (κ2) is 5.30. The second-order valence-electron chi connectivity index (χ2n) is 3.75. The molecule has 0 saturated heterocycles. The number of halogens is 1. The third kappa shape index (κ3) is 3.45. The van der Waals surface area contributed by atoms with Crippen LogP contribution in [-0.4, -0.2) is 10.9 Å². The van der Waals surface area contributed by atoms with Crippen molar-refractivity contribution in [1.29, 1.82) is 0 Å². The Bertz CT molecular complexity index is 494. The predicted octanol–water partition coefficient (Wildman–Crippen LogP) is 2.73. The van der Waals surface area contributed by atoms with Gasteiger partial charge in [0, 0.05) is 24.0 Å². The van der Waals surface area contributed by atoms with Crippen LogP contribution in [0.15, 0.2) is 42.6 Å². The van der Waals surface area contributed by atoms with E-state index in [9.17, 15) is 9.18 Å². The van der Waals surface area contributed by atoms with Gasteiger partial charge in [-0.3, -0.25) is 4.79 Å². The number of rotatable bonds is 4. The lowest BCUT2D eigenvalue weighted by Gasteiger charge is -2.04. The molecule has 2 rings (SSSR count). The van der Waals surface area contributed by atoms with Crippen LogP contribution in [-0.2, 0) is 11.2 Å². The molecule has 88 valence electrons. The Morgan fingerprint density at radius 1 is 1.29 bits per heavy atom. The first-order valence-corrected chi connectivity index (χ1v) is 5.42. The summed E-state index contributed by atoms with van der Waals surface area (Å²) in [6.07, 6.45) is 2.84. The fourth-order valence-corrected chi connectivity index (χ4v) is 1.56. The molecule has 0 spiro atoms. The number of amides is 1. The lowest BCUT2D eigenvalue weighted by molar-refractivity contribution is -0.116. The average molecular weight is 232 g/mol. The van der Waals surface area contributed by atoms with Crippen LogP contribution in [0.5, 0.6) is 0 Å². The van der Waals surface area contributed by atoms with Gasteiger partial charge in [-0.05, 0) is 36.8 Å². The maximum Gasteiger partial charge on any atom is 0.224 e. The third-order valence-corrected chi connectivity index (χ3v) is 2.39. The van der Waals surface area contributed by atoms with Crippen molar-refractivity contribution in [3.05, 3.63) is 54.1 Å². The molecular formula is C13H13FN2O. The summed E-state index contributed by atoms with van der Waals surface area (Å²) in [5, 5.41) is 2.65. The number of carbonyl (C=O) groups is 1. The molecule has 17 heavy (non-hydrogen) atoms. The van der Waals surface area contributed by atoms with Crippen LogP contribution in [0, 0.1) is 5.82 Å². The summed E-state index contributed by atoms with van der Waals surface area (Å²) in [4.78, 5) is 14.6. The number of nitrogens with one attached hydrogen (secondary N) is 2. The molecule has 2 aromatic rings. The van der Waals surface area contributed by atoms with Gasteiger partial charge in [-0.1, -0.05) is 6.07 Å². The molecule has 3 nitrogen and oxygen atoms in total. The third-order valence-electron chi connectivity index (χ3n) is 2.39. The zero-order valence-corrected chi connectivity index (χ0v) is 9.24. The number of hydrogen-bond donors (Lipinski definition) is 2. The van der Waals surface area contributed by atoms with E-state index in [1.807, 2.05) is 18.3 Å². The Hall–Kier alpha value is -2.10. The molecule has 1 amide bonds. The molecule has 0 bridgehead atoms. The van der Waals surface area contributed by atoms with Crippen LogP contribution in [0.25, 0.3) is 0 Å². The Balaban J connectivity index is 1.85. The number of H-pyrrole nitrogens is 1. The molecule has 0 aliphatic rings. The molecule has 0 atom stereocenters. The van der Waals surface area contributed by atoms with Crippen molar-refractivity contribution in [2.75, 3.05) is 5.32 Å². The zero-order valence-electron chi connectivity index (χ0n) is 9.24. The highest BCUT2D eigenvalue weighted by molar-refractivity contribution is 5.90. The largest absolute Gasteiger partial charge is 0.365 e. The molecule has 0 aliphatic heterocycles. The summed E-state index contributed by atoms with van der Waals surface area (Å²) in [6, 6.07) is 9.68. The van der Waals surface area contributed by atoms with Gasteiger partial charge in [0.2, 0.25) is 5.91 Å². The van der Waals surface area contributed by atoms with Crippen LogP contribution in [0.3, 0.4) is 0 Å². The number of aryl methyl sites for hydroxylation is 1. The lowest BCUT2D eigenvalue weighted by Crippen LogP contribution is -2.12. The summed E-state index contributed by atoms with van der Waals surface area (Å²) in [7, 11) is 0. The summed E-state index contributed by atoms with van der Waals surface area (Å²) in [5.41, 5.74) is 1.50. The molecule has 0 fully saturated rings. The van der Waals surface area contributed by atoms with Gasteiger partial charge in [-0.15, -0.1) is 0 Å². The summed E-state index contributed by atoms with van der Waals surface area (Å²) < 4.78 is 12.9. The van der Waals surface area contributed by atoms with Gasteiger partial charge < -0.3 is 10.3 Å². The highest BCUT2D eigenvalue weighted by Crippen LogP contribution is 2.10. The highest BCUT2D eigenvalue weighted by atomic mass is 19.1. The van der Waals surface area contributed by atoms with E-state index < -0.39 is 0 Å². The Kier molecular flexibility index (Phi) is 3.55. The smallest absolute Gasteiger partial charge is 0.224 e. The summed E-state index contributed by atoms with van der Waals surface area (Å²) in [5.74, 6) is -0.475. The molecule has 2 N–H and O–H groups in total. The van der Waals surface area contributed by atoms with Crippen molar-refractivity contribution in [1.82, 2.24) is 4.98 Å². The molecule has 1 aromatic heterocycles. The van der Waals surface area contributed by atoms with Gasteiger partial charge in [0.25, 0.3) is 0 Å². The summed E-state index contributed by atoms with van der Waals surface area (Å²) >= 11 is 0. The highest BCUT2D eigenvalue weighted by Gasteiger charge is 2.03. The first-order valence-electron chi connectivity index (χ1n) is 5.42. The number of aromatic nitrogens is 1. The number of hydrogen-bond acceptors (Lipinski definition) is 1. The van der Waals surface area contributed by atoms with Gasteiger partial charge in [0.05, 0.1) is 0 Å². The maximum atomic E-state index is 12.9. The van der Waals surface area contributed by atoms with Gasteiger partial charge >= 0.3 is 0 Å². The molecule has 1 heterocycles. The summed E-state index contributed by atoms with van der Waals surface area (Å²) in [6.45, 7) is 0. The van der Waals surface area contributed by atoms with Crippen LogP contribution in [0.2, 0.25) is 0 Å². The van der Waals surface area contributed by atoms with Gasteiger partial charge in [-0.2, -0.15) is 0 Å². The van der Waals surface area contributed by atoms with Gasteiger partial charge in [0.1, 0.15) is 5.82 Å². The second-order valence-corrected chi connectivity index (χ2v) is 3.75. The van der Waals surface area contributed by atoms with Crippen LogP contribution in [0.1, 0.15) is 12.1 Å². The first-order chi connectivity index (χ1) is 8.24. The van der Waals surface area contributed by atoms with Crippen molar-refractivity contribution in [3.63, 3.8) is 0 Å². The normalized spacial score (nSPS) is 10.2. The average Bonchev–Trinajstić information content (AvgIpc) is 2.79. The molecule has 0 radical (unpaired) electrons. The first kappa shape index (κ1) is 11.4. The van der Waals surface area contributed by atoms with Crippen LogP contribution < -0.4 is 5.32 Å². The number of aromatic amines is 1. The topological polar surface area (TPSA) is 44.9 Å². The van der Waals surface area contributed by atoms with Crippen LogP contribution in [0.4, 0.5) is 10.1 Å². The van der Waals surface area contributed by atoms with Gasteiger partial charge in [-0.25, -0.2) is 4.39 Å². The van der Waals surface area contributed by atoms with Crippen LogP contribution >= 0.6 is 0 Å². The lowest BCUT2D eigenvalue weighted by atomic mass is 10.2. The minimum absolute atomic E-state index is 0.120.